The summed E-state index contributed by atoms with van der Waals surface area (Å²) in [5, 5.41) is 9.39. The van der Waals surface area contributed by atoms with Crippen LogP contribution in [0.2, 0.25) is 5.02 Å². The van der Waals surface area contributed by atoms with E-state index in [0.29, 0.717) is 10.6 Å². The lowest BCUT2D eigenvalue weighted by atomic mass is 10.2. The maximum Gasteiger partial charge on any atom is 0.147 e. The van der Waals surface area contributed by atoms with Crippen LogP contribution in [0, 0.1) is 18.3 Å². The molecule has 0 saturated carbocycles. The van der Waals surface area contributed by atoms with E-state index in [9.17, 15) is 0 Å². The lowest BCUT2D eigenvalue weighted by Crippen LogP contribution is -2.47. The molecule has 7 heteroatoms. The van der Waals surface area contributed by atoms with Gasteiger partial charge in [-0.05, 0) is 13.0 Å². The van der Waals surface area contributed by atoms with Gasteiger partial charge in [0.25, 0.3) is 0 Å². The van der Waals surface area contributed by atoms with Gasteiger partial charge in [-0.2, -0.15) is 5.26 Å². The minimum Gasteiger partial charge on any atom is -0.353 e. The fourth-order valence-electron chi connectivity index (χ4n) is 2.58. The molecule has 0 bridgehead atoms. The van der Waals surface area contributed by atoms with Crippen LogP contribution in [0.3, 0.4) is 0 Å². The quantitative estimate of drug-likeness (QED) is 0.845. The molecule has 22 heavy (non-hydrogen) atoms. The van der Waals surface area contributed by atoms with Crippen molar-refractivity contribution >= 4 is 23.2 Å². The van der Waals surface area contributed by atoms with Gasteiger partial charge in [-0.3, -0.25) is 0 Å². The SMILES string of the molecule is Cc1cncnc1N1CCN(c2ncc(C#N)cc2Cl)CC1. The third-order valence-electron chi connectivity index (χ3n) is 3.70. The summed E-state index contributed by atoms with van der Waals surface area (Å²) in [6.45, 7) is 5.32. The lowest BCUT2D eigenvalue weighted by molar-refractivity contribution is 0.639. The molecule has 1 aliphatic rings. The Morgan fingerprint density at radius 2 is 1.77 bits per heavy atom. The van der Waals surface area contributed by atoms with Crippen molar-refractivity contribution in [1.29, 1.82) is 5.26 Å². The highest BCUT2D eigenvalue weighted by Gasteiger charge is 2.21. The van der Waals surface area contributed by atoms with Crippen molar-refractivity contribution in [2.75, 3.05) is 36.0 Å². The number of hydrogen-bond acceptors (Lipinski definition) is 6. The second-order valence-corrected chi connectivity index (χ2v) is 5.55. The third-order valence-corrected chi connectivity index (χ3v) is 3.98. The van der Waals surface area contributed by atoms with Crippen molar-refractivity contribution in [3.05, 3.63) is 40.9 Å². The summed E-state index contributed by atoms with van der Waals surface area (Å²) in [5.74, 6) is 1.72. The van der Waals surface area contributed by atoms with Crippen LogP contribution in [0.4, 0.5) is 11.6 Å². The molecule has 3 heterocycles. The van der Waals surface area contributed by atoms with Crippen LogP contribution in [0.1, 0.15) is 11.1 Å². The van der Waals surface area contributed by atoms with Crippen LogP contribution in [-0.2, 0) is 0 Å². The molecule has 0 N–H and O–H groups in total. The Morgan fingerprint density at radius 3 is 2.36 bits per heavy atom. The Labute approximate surface area is 134 Å². The maximum atomic E-state index is 8.87. The number of nitriles is 1. The minimum absolute atomic E-state index is 0.476. The summed E-state index contributed by atoms with van der Waals surface area (Å²) in [6.07, 6.45) is 4.96. The van der Waals surface area contributed by atoms with E-state index in [-0.39, 0.29) is 0 Å². The van der Waals surface area contributed by atoms with E-state index in [4.69, 9.17) is 16.9 Å². The normalized spacial score (nSPS) is 14.8. The molecule has 2 aromatic rings. The van der Waals surface area contributed by atoms with E-state index in [2.05, 4.69) is 24.8 Å². The first kappa shape index (κ1) is 14.5. The largest absolute Gasteiger partial charge is 0.353 e. The Hall–Kier alpha value is -2.39. The minimum atomic E-state index is 0.476. The van der Waals surface area contributed by atoms with E-state index in [0.717, 1.165) is 43.4 Å². The molecule has 1 aliphatic heterocycles. The van der Waals surface area contributed by atoms with E-state index >= 15 is 0 Å². The van der Waals surface area contributed by atoms with Gasteiger partial charge in [-0.15, -0.1) is 0 Å². The molecule has 0 unspecified atom stereocenters. The number of anilines is 2. The summed E-state index contributed by atoms with van der Waals surface area (Å²) in [4.78, 5) is 17.1. The smallest absolute Gasteiger partial charge is 0.147 e. The number of nitrogens with zero attached hydrogens (tertiary/aromatic N) is 6. The molecule has 1 saturated heterocycles. The van der Waals surface area contributed by atoms with E-state index in [1.807, 2.05) is 19.2 Å². The first-order valence-electron chi connectivity index (χ1n) is 7.01. The molecule has 0 spiro atoms. The van der Waals surface area contributed by atoms with Gasteiger partial charge in [0.2, 0.25) is 0 Å². The molecule has 0 aliphatic carbocycles. The summed E-state index contributed by atoms with van der Waals surface area (Å²) in [7, 11) is 0. The Kier molecular flexibility index (Phi) is 4.07. The van der Waals surface area contributed by atoms with E-state index < -0.39 is 0 Å². The number of piperazine rings is 1. The van der Waals surface area contributed by atoms with Crippen molar-refractivity contribution in [3.8, 4) is 6.07 Å². The molecule has 6 nitrogen and oxygen atoms in total. The van der Waals surface area contributed by atoms with Gasteiger partial charge >= 0.3 is 0 Å². The average molecular weight is 315 g/mol. The second kappa shape index (κ2) is 6.16. The van der Waals surface area contributed by atoms with Gasteiger partial charge in [0, 0.05) is 44.1 Å². The van der Waals surface area contributed by atoms with Crippen LogP contribution in [0.15, 0.2) is 24.8 Å². The van der Waals surface area contributed by atoms with Crippen molar-refractivity contribution in [2.24, 2.45) is 0 Å². The van der Waals surface area contributed by atoms with E-state index in [1.165, 1.54) is 0 Å². The summed E-state index contributed by atoms with van der Waals surface area (Å²) in [6, 6.07) is 3.70. The third kappa shape index (κ3) is 2.81. The molecule has 0 radical (unpaired) electrons. The van der Waals surface area contributed by atoms with Crippen molar-refractivity contribution < 1.29 is 0 Å². The van der Waals surface area contributed by atoms with Crippen molar-refractivity contribution in [2.45, 2.75) is 6.92 Å². The first-order chi connectivity index (χ1) is 10.7. The van der Waals surface area contributed by atoms with Crippen molar-refractivity contribution in [1.82, 2.24) is 15.0 Å². The Balaban J connectivity index is 1.72. The number of hydrogen-bond donors (Lipinski definition) is 0. The lowest BCUT2D eigenvalue weighted by Gasteiger charge is -2.36. The number of aryl methyl sites for hydroxylation is 1. The molecule has 1 fully saturated rings. The zero-order chi connectivity index (χ0) is 15.5. The average Bonchev–Trinajstić information content (AvgIpc) is 2.55. The fraction of sp³-hybridized carbons (Fsp3) is 0.333. The van der Waals surface area contributed by atoms with Crippen LogP contribution in [-0.4, -0.2) is 41.1 Å². The molecule has 3 rings (SSSR count). The van der Waals surface area contributed by atoms with Crippen LogP contribution >= 0.6 is 11.6 Å². The molecule has 2 aromatic heterocycles. The molecule has 0 aromatic carbocycles. The zero-order valence-electron chi connectivity index (χ0n) is 12.2. The topological polar surface area (TPSA) is 68.9 Å². The highest BCUT2D eigenvalue weighted by atomic mass is 35.5. The highest BCUT2D eigenvalue weighted by molar-refractivity contribution is 6.33. The van der Waals surface area contributed by atoms with Gasteiger partial charge in [0.05, 0.1) is 10.6 Å². The molecule has 0 amide bonds. The van der Waals surface area contributed by atoms with Gasteiger partial charge in [0.15, 0.2) is 0 Å². The molecule has 0 atom stereocenters. The maximum absolute atomic E-state index is 8.87. The predicted molar refractivity (Wildman–Crippen MR) is 85.2 cm³/mol. The number of halogens is 1. The standard InChI is InChI=1S/C15H15ClN6/c1-11-8-18-10-20-14(11)21-2-4-22(5-3-21)15-13(16)6-12(7-17)9-19-15/h6,8-10H,2-5H2,1H3. The zero-order valence-corrected chi connectivity index (χ0v) is 13.0. The monoisotopic (exact) mass is 314 g/mol. The molecule has 112 valence electrons. The van der Waals surface area contributed by atoms with Crippen LogP contribution in [0.25, 0.3) is 0 Å². The number of aromatic nitrogens is 3. The van der Waals surface area contributed by atoms with Gasteiger partial charge in [-0.1, -0.05) is 11.6 Å². The van der Waals surface area contributed by atoms with Gasteiger partial charge in [-0.25, -0.2) is 15.0 Å². The molecular weight excluding hydrogens is 300 g/mol. The van der Waals surface area contributed by atoms with Crippen LogP contribution < -0.4 is 9.80 Å². The van der Waals surface area contributed by atoms with Crippen molar-refractivity contribution in [3.63, 3.8) is 0 Å². The molecular formula is C15H15ClN6. The fourth-order valence-corrected chi connectivity index (χ4v) is 2.86. The Bertz CT molecular complexity index is 718. The predicted octanol–water partition coefficient (Wildman–Crippen LogP) is 2.03. The van der Waals surface area contributed by atoms with Gasteiger partial charge < -0.3 is 9.80 Å². The summed E-state index contributed by atoms with van der Waals surface area (Å²) in [5.41, 5.74) is 1.55. The highest BCUT2D eigenvalue weighted by Crippen LogP contribution is 2.26. The second-order valence-electron chi connectivity index (χ2n) is 5.14. The summed E-state index contributed by atoms with van der Waals surface area (Å²) < 4.78 is 0. The number of rotatable bonds is 2. The number of pyridine rings is 1. The van der Waals surface area contributed by atoms with E-state index in [1.54, 1.807) is 18.6 Å². The van der Waals surface area contributed by atoms with Gasteiger partial charge in [0.1, 0.15) is 24.0 Å². The summed E-state index contributed by atoms with van der Waals surface area (Å²) >= 11 is 6.23. The Morgan fingerprint density at radius 1 is 1.09 bits per heavy atom. The first-order valence-corrected chi connectivity index (χ1v) is 7.39. The van der Waals surface area contributed by atoms with Crippen LogP contribution in [0.5, 0.6) is 0 Å².